The Labute approximate surface area is 195 Å². The standard InChI is InChI=1S/C24H24N6O4/c1-29-9-8-24(32,23(29)31)19-12-18(28-34-19)15-5-4-6-16(11-15)21-25-13-17-14-26-30(22(17)27-21)20-7-2-3-10-33-20/h4-6,11-14,20,32H,2-3,7-10H2,1H3/t20?,24-/m1/s1. The van der Waals surface area contributed by atoms with E-state index in [9.17, 15) is 9.90 Å². The molecule has 0 aliphatic carbocycles. The number of amides is 1. The topological polar surface area (TPSA) is 119 Å². The summed E-state index contributed by atoms with van der Waals surface area (Å²) >= 11 is 0. The van der Waals surface area contributed by atoms with E-state index in [0.29, 0.717) is 18.1 Å². The van der Waals surface area contributed by atoms with Gasteiger partial charge in [0.05, 0.1) is 11.6 Å². The summed E-state index contributed by atoms with van der Waals surface area (Å²) in [6.45, 7) is 1.19. The van der Waals surface area contributed by atoms with E-state index in [1.165, 1.54) is 4.90 Å². The van der Waals surface area contributed by atoms with Crippen molar-refractivity contribution in [1.82, 2.24) is 29.8 Å². The molecule has 1 aromatic carbocycles. The second-order valence-corrected chi connectivity index (χ2v) is 8.88. The van der Waals surface area contributed by atoms with Gasteiger partial charge >= 0.3 is 0 Å². The van der Waals surface area contributed by atoms with Crippen LogP contribution < -0.4 is 0 Å². The minimum Gasteiger partial charge on any atom is -0.373 e. The summed E-state index contributed by atoms with van der Waals surface area (Å²) in [5, 5.41) is 20.3. The van der Waals surface area contributed by atoms with Crippen molar-refractivity contribution in [1.29, 1.82) is 0 Å². The molecule has 4 aromatic rings. The summed E-state index contributed by atoms with van der Waals surface area (Å²) in [4.78, 5) is 23.2. The zero-order valence-electron chi connectivity index (χ0n) is 18.7. The summed E-state index contributed by atoms with van der Waals surface area (Å²) in [5.74, 6) is 0.322. The first-order chi connectivity index (χ1) is 16.5. The van der Waals surface area contributed by atoms with Gasteiger partial charge in [-0.1, -0.05) is 23.4 Å². The highest BCUT2D eigenvalue weighted by Gasteiger charge is 2.48. The van der Waals surface area contributed by atoms with Gasteiger partial charge in [0.2, 0.25) is 5.60 Å². The Morgan fingerprint density at radius 3 is 2.85 bits per heavy atom. The van der Waals surface area contributed by atoms with Crippen molar-refractivity contribution in [2.24, 2.45) is 0 Å². The number of likely N-dealkylation sites (tertiary alicyclic amines) is 1. The summed E-state index contributed by atoms with van der Waals surface area (Å²) < 4.78 is 13.1. The molecule has 6 rings (SSSR count). The first-order valence-corrected chi connectivity index (χ1v) is 11.4. The number of nitrogens with zero attached hydrogens (tertiary/aromatic N) is 6. The van der Waals surface area contributed by atoms with Crippen molar-refractivity contribution >= 4 is 16.9 Å². The normalized spacial score (nSPS) is 23.2. The van der Waals surface area contributed by atoms with E-state index in [4.69, 9.17) is 14.2 Å². The summed E-state index contributed by atoms with van der Waals surface area (Å²) in [5.41, 5.74) is 1.15. The van der Waals surface area contributed by atoms with Gasteiger partial charge in [-0.25, -0.2) is 14.6 Å². The van der Waals surface area contributed by atoms with Gasteiger partial charge in [-0.3, -0.25) is 4.79 Å². The van der Waals surface area contributed by atoms with E-state index in [1.54, 1.807) is 25.5 Å². The first kappa shape index (κ1) is 20.9. The van der Waals surface area contributed by atoms with Crippen molar-refractivity contribution in [3.63, 3.8) is 0 Å². The molecule has 3 aromatic heterocycles. The largest absolute Gasteiger partial charge is 0.373 e. The molecule has 0 spiro atoms. The van der Waals surface area contributed by atoms with Crippen LogP contribution in [0.5, 0.6) is 0 Å². The van der Waals surface area contributed by atoms with Crippen molar-refractivity contribution in [2.45, 2.75) is 37.5 Å². The number of carbonyl (C=O) groups is 1. The van der Waals surface area contributed by atoms with Crippen molar-refractivity contribution in [3.8, 4) is 22.6 Å². The van der Waals surface area contributed by atoms with Crippen LogP contribution in [0.15, 0.2) is 47.2 Å². The van der Waals surface area contributed by atoms with Crippen LogP contribution in [0.3, 0.4) is 0 Å². The predicted octanol–water partition coefficient (Wildman–Crippen LogP) is 2.90. The Morgan fingerprint density at radius 1 is 1.18 bits per heavy atom. The smallest absolute Gasteiger partial charge is 0.262 e. The molecule has 2 saturated heterocycles. The molecule has 0 bridgehead atoms. The van der Waals surface area contributed by atoms with Gasteiger partial charge in [-0.15, -0.1) is 0 Å². The Balaban J connectivity index is 1.33. The molecular weight excluding hydrogens is 436 g/mol. The van der Waals surface area contributed by atoms with Crippen LogP contribution >= 0.6 is 0 Å². The average Bonchev–Trinajstić information content (AvgIpc) is 3.60. The maximum Gasteiger partial charge on any atom is 0.262 e. The zero-order valence-corrected chi connectivity index (χ0v) is 18.7. The first-order valence-electron chi connectivity index (χ1n) is 11.4. The molecule has 0 saturated carbocycles. The fraction of sp³-hybridized carbons (Fsp3) is 0.375. The molecule has 1 amide bonds. The molecule has 34 heavy (non-hydrogen) atoms. The molecule has 10 heteroatoms. The van der Waals surface area contributed by atoms with Crippen molar-refractivity contribution < 1.29 is 19.2 Å². The lowest BCUT2D eigenvalue weighted by Crippen LogP contribution is -2.35. The molecule has 1 unspecified atom stereocenters. The Bertz CT molecular complexity index is 1370. The van der Waals surface area contributed by atoms with Gasteiger partial charge in [-0.05, 0) is 25.3 Å². The second-order valence-electron chi connectivity index (χ2n) is 8.88. The highest BCUT2D eigenvalue weighted by Crippen LogP contribution is 2.35. The van der Waals surface area contributed by atoms with Crippen LogP contribution in [0.4, 0.5) is 0 Å². The molecule has 2 fully saturated rings. The van der Waals surface area contributed by atoms with Crippen molar-refractivity contribution in [2.75, 3.05) is 20.2 Å². The molecule has 2 atom stereocenters. The fourth-order valence-electron chi connectivity index (χ4n) is 4.61. The third-order valence-corrected chi connectivity index (χ3v) is 6.61. The lowest BCUT2D eigenvalue weighted by molar-refractivity contribution is -0.144. The maximum absolute atomic E-state index is 12.4. The Hall–Kier alpha value is -3.63. The summed E-state index contributed by atoms with van der Waals surface area (Å²) in [6, 6.07) is 9.23. The number of aliphatic hydroxyl groups is 1. The predicted molar refractivity (Wildman–Crippen MR) is 121 cm³/mol. The van der Waals surface area contributed by atoms with E-state index in [2.05, 4.69) is 15.2 Å². The van der Waals surface area contributed by atoms with Crippen LogP contribution in [0.2, 0.25) is 0 Å². The summed E-state index contributed by atoms with van der Waals surface area (Å²) in [7, 11) is 1.66. The minimum atomic E-state index is -1.68. The zero-order chi connectivity index (χ0) is 23.3. The summed E-state index contributed by atoms with van der Waals surface area (Å²) in [6.07, 6.45) is 6.75. The van der Waals surface area contributed by atoms with Gasteiger partial charge in [0.25, 0.3) is 5.91 Å². The number of ether oxygens (including phenoxy) is 1. The number of hydrogen-bond donors (Lipinski definition) is 1. The van der Waals surface area contributed by atoms with Crippen molar-refractivity contribution in [3.05, 3.63) is 48.5 Å². The molecule has 2 aliphatic heterocycles. The highest BCUT2D eigenvalue weighted by molar-refractivity contribution is 5.88. The number of fused-ring (bicyclic) bond motifs is 1. The van der Waals surface area contributed by atoms with Gasteiger partial charge in [0, 0.05) is 50.0 Å². The van der Waals surface area contributed by atoms with Gasteiger partial charge in [0.1, 0.15) is 5.69 Å². The second kappa shape index (κ2) is 8.00. The molecule has 0 radical (unpaired) electrons. The molecular formula is C24H24N6O4. The molecule has 10 nitrogen and oxygen atoms in total. The number of benzene rings is 1. The number of likely N-dealkylation sites (N-methyl/N-ethyl adjacent to an activating group) is 1. The quantitative estimate of drug-likeness (QED) is 0.494. The number of aromatic nitrogens is 5. The number of carbonyl (C=O) groups excluding carboxylic acids is 1. The van der Waals surface area contributed by atoms with Crippen LogP contribution in [-0.2, 0) is 15.1 Å². The van der Waals surface area contributed by atoms with E-state index in [1.807, 2.05) is 28.9 Å². The third-order valence-electron chi connectivity index (χ3n) is 6.61. The van der Waals surface area contributed by atoms with Crippen LogP contribution in [0.1, 0.15) is 37.7 Å². The monoisotopic (exact) mass is 460 g/mol. The van der Waals surface area contributed by atoms with E-state index >= 15 is 0 Å². The molecule has 2 aliphatic rings. The molecule has 174 valence electrons. The van der Waals surface area contributed by atoms with Gasteiger partial charge in [0.15, 0.2) is 23.5 Å². The third kappa shape index (κ3) is 3.37. The lowest BCUT2D eigenvalue weighted by atomic mass is 9.98. The average molecular weight is 460 g/mol. The van der Waals surface area contributed by atoms with E-state index in [0.717, 1.165) is 48.0 Å². The van der Waals surface area contributed by atoms with Crippen LogP contribution in [0, 0.1) is 0 Å². The Morgan fingerprint density at radius 2 is 2.06 bits per heavy atom. The highest BCUT2D eigenvalue weighted by atomic mass is 16.5. The SMILES string of the molecule is CN1CC[C@@](O)(c2cc(-c3cccc(-c4ncc5cnn(C6CCCCO6)c5n4)c3)no2)C1=O. The fourth-order valence-corrected chi connectivity index (χ4v) is 4.61. The van der Waals surface area contributed by atoms with E-state index < -0.39 is 5.60 Å². The van der Waals surface area contributed by atoms with Crippen LogP contribution in [0.25, 0.3) is 33.7 Å². The van der Waals surface area contributed by atoms with Gasteiger partial charge in [-0.2, -0.15) is 5.10 Å². The number of rotatable bonds is 4. The number of hydrogen-bond acceptors (Lipinski definition) is 8. The Kier molecular flexibility index (Phi) is 4.93. The molecule has 1 N–H and O–H groups in total. The van der Waals surface area contributed by atoms with Gasteiger partial charge < -0.3 is 19.3 Å². The maximum atomic E-state index is 12.4. The van der Waals surface area contributed by atoms with E-state index in [-0.39, 0.29) is 24.3 Å². The minimum absolute atomic E-state index is 0.114. The van der Waals surface area contributed by atoms with Crippen LogP contribution in [-0.4, -0.2) is 61.0 Å². The molecule has 5 heterocycles. The lowest BCUT2D eigenvalue weighted by Gasteiger charge is -2.23.